The molecule has 0 spiro atoms. The van der Waals surface area contributed by atoms with Crippen LogP contribution in [-0.4, -0.2) is 15.9 Å². The minimum absolute atomic E-state index is 0.00470. The van der Waals surface area contributed by atoms with Crippen molar-refractivity contribution in [3.63, 3.8) is 0 Å². The Morgan fingerprint density at radius 2 is 2.04 bits per heavy atom. The quantitative estimate of drug-likeness (QED) is 0.769. The fourth-order valence-corrected chi connectivity index (χ4v) is 2.56. The molecule has 3 aromatic rings. The molecule has 1 aliphatic carbocycles. The lowest BCUT2D eigenvalue weighted by atomic mass is 10.0. The number of anilines is 2. The zero-order chi connectivity index (χ0) is 16.5. The van der Waals surface area contributed by atoms with Crippen LogP contribution in [0.5, 0.6) is 0 Å². The molecule has 0 unspecified atom stereocenters. The van der Waals surface area contributed by atoms with Gasteiger partial charge in [0.25, 0.3) is 0 Å². The number of pyridine rings is 2. The van der Waals surface area contributed by atoms with E-state index < -0.39 is 0 Å². The van der Waals surface area contributed by atoms with E-state index in [1.807, 2.05) is 24.3 Å². The van der Waals surface area contributed by atoms with Gasteiger partial charge >= 0.3 is 0 Å². The number of nitrogens with zero attached hydrogens (tertiary/aromatic N) is 2. The van der Waals surface area contributed by atoms with Crippen LogP contribution in [0.25, 0.3) is 22.6 Å². The van der Waals surface area contributed by atoms with Gasteiger partial charge in [0.15, 0.2) is 5.76 Å². The van der Waals surface area contributed by atoms with E-state index in [-0.39, 0.29) is 17.6 Å². The van der Waals surface area contributed by atoms with E-state index in [0.717, 1.165) is 24.0 Å². The molecule has 1 amide bonds. The van der Waals surface area contributed by atoms with Gasteiger partial charge in [0.05, 0.1) is 12.0 Å². The van der Waals surface area contributed by atoms with Crippen LogP contribution in [0.2, 0.25) is 0 Å². The maximum absolute atomic E-state index is 12.1. The van der Waals surface area contributed by atoms with E-state index in [1.54, 1.807) is 24.7 Å². The Bertz CT molecular complexity index is 872. The Hall–Kier alpha value is -3.15. The van der Waals surface area contributed by atoms with Crippen molar-refractivity contribution >= 4 is 17.4 Å². The molecule has 0 aromatic carbocycles. The summed E-state index contributed by atoms with van der Waals surface area (Å²) < 4.78 is 5.48. The number of carbonyl (C=O) groups excluding carboxylic acids is 1. The SMILES string of the molecule is Nc1nc(-c2ccco2)c(-c2ccncc2)cc1NC(=O)C1CC1. The summed E-state index contributed by atoms with van der Waals surface area (Å²) in [7, 11) is 0. The average molecular weight is 320 g/mol. The first-order valence-electron chi connectivity index (χ1n) is 7.78. The Morgan fingerprint density at radius 3 is 2.71 bits per heavy atom. The summed E-state index contributed by atoms with van der Waals surface area (Å²) in [5.41, 5.74) is 8.97. The van der Waals surface area contributed by atoms with Gasteiger partial charge < -0.3 is 15.5 Å². The van der Waals surface area contributed by atoms with Crippen LogP contribution in [0.3, 0.4) is 0 Å². The number of nitrogens with one attached hydrogen (secondary N) is 1. The average Bonchev–Trinajstić information content (AvgIpc) is 3.32. The molecule has 1 fully saturated rings. The van der Waals surface area contributed by atoms with Crippen molar-refractivity contribution in [1.82, 2.24) is 9.97 Å². The number of furan rings is 1. The Kier molecular flexibility index (Phi) is 3.49. The highest BCUT2D eigenvalue weighted by molar-refractivity contribution is 5.98. The summed E-state index contributed by atoms with van der Waals surface area (Å²) in [5.74, 6) is 0.982. The summed E-state index contributed by atoms with van der Waals surface area (Å²) in [6.07, 6.45) is 6.87. The topological polar surface area (TPSA) is 94.0 Å². The number of amides is 1. The van der Waals surface area contributed by atoms with Crippen molar-refractivity contribution in [2.75, 3.05) is 11.1 Å². The molecule has 0 atom stereocenters. The lowest BCUT2D eigenvalue weighted by Gasteiger charge is -2.13. The number of carbonyl (C=O) groups is 1. The van der Waals surface area contributed by atoms with E-state index in [2.05, 4.69) is 15.3 Å². The molecular formula is C18H16N4O2. The smallest absolute Gasteiger partial charge is 0.227 e. The monoisotopic (exact) mass is 320 g/mol. The predicted octanol–water partition coefficient (Wildman–Crippen LogP) is 3.33. The Balaban J connectivity index is 1.82. The second kappa shape index (κ2) is 5.81. The number of hydrogen-bond donors (Lipinski definition) is 2. The first-order chi connectivity index (χ1) is 11.7. The highest BCUT2D eigenvalue weighted by Gasteiger charge is 2.30. The van der Waals surface area contributed by atoms with Crippen LogP contribution < -0.4 is 11.1 Å². The van der Waals surface area contributed by atoms with E-state index in [0.29, 0.717) is 17.1 Å². The first-order valence-corrected chi connectivity index (χ1v) is 7.78. The molecule has 3 N–H and O–H groups in total. The van der Waals surface area contributed by atoms with E-state index in [4.69, 9.17) is 10.2 Å². The minimum Gasteiger partial charge on any atom is -0.463 e. The highest BCUT2D eigenvalue weighted by Crippen LogP contribution is 2.36. The van der Waals surface area contributed by atoms with Gasteiger partial charge in [-0.15, -0.1) is 0 Å². The number of nitrogens with two attached hydrogens (primary N) is 1. The molecule has 1 saturated carbocycles. The van der Waals surface area contributed by atoms with E-state index >= 15 is 0 Å². The third-order valence-electron chi connectivity index (χ3n) is 4.00. The van der Waals surface area contributed by atoms with Crippen LogP contribution >= 0.6 is 0 Å². The summed E-state index contributed by atoms with van der Waals surface area (Å²) in [4.78, 5) is 20.6. The summed E-state index contributed by atoms with van der Waals surface area (Å²) in [6.45, 7) is 0. The number of hydrogen-bond acceptors (Lipinski definition) is 5. The fourth-order valence-electron chi connectivity index (χ4n) is 2.56. The van der Waals surface area contributed by atoms with Crippen molar-refractivity contribution in [3.05, 3.63) is 49.0 Å². The first kappa shape index (κ1) is 14.4. The van der Waals surface area contributed by atoms with Crippen molar-refractivity contribution < 1.29 is 9.21 Å². The molecule has 1 aliphatic rings. The maximum Gasteiger partial charge on any atom is 0.227 e. The Morgan fingerprint density at radius 1 is 1.25 bits per heavy atom. The molecule has 0 saturated heterocycles. The third kappa shape index (κ3) is 2.74. The second-order valence-corrected chi connectivity index (χ2v) is 5.79. The zero-order valence-corrected chi connectivity index (χ0v) is 12.9. The highest BCUT2D eigenvalue weighted by atomic mass is 16.3. The molecule has 24 heavy (non-hydrogen) atoms. The van der Waals surface area contributed by atoms with Crippen LogP contribution in [0.15, 0.2) is 53.4 Å². The second-order valence-electron chi connectivity index (χ2n) is 5.79. The lowest BCUT2D eigenvalue weighted by Crippen LogP contribution is -2.15. The molecule has 3 aromatic heterocycles. The molecular weight excluding hydrogens is 304 g/mol. The predicted molar refractivity (Wildman–Crippen MR) is 90.9 cm³/mol. The standard InChI is InChI=1S/C18H16N4O2/c19-17-14(21-18(23)12-3-4-12)10-13(11-5-7-20-8-6-11)16(22-17)15-2-1-9-24-15/h1-2,5-10,12H,3-4H2,(H2,19,22)(H,21,23). The molecule has 3 heterocycles. The van der Waals surface area contributed by atoms with Gasteiger partial charge in [0.2, 0.25) is 5.91 Å². The van der Waals surface area contributed by atoms with Crippen LogP contribution in [0.4, 0.5) is 11.5 Å². The minimum atomic E-state index is -0.00470. The van der Waals surface area contributed by atoms with Crippen molar-refractivity contribution in [3.8, 4) is 22.6 Å². The Labute approximate surface area is 138 Å². The summed E-state index contributed by atoms with van der Waals surface area (Å²) >= 11 is 0. The molecule has 0 aliphatic heterocycles. The molecule has 4 rings (SSSR count). The molecule has 0 bridgehead atoms. The van der Waals surface area contributed by atoms with Crippen molar-refractivity contribution in [1.29, 1.82) is 0 Å². The van der Waals surface area contributed by atoms with Crippen molar-refractivity contribution in [2.24, 2.45) is 5.92 Å². The molecule has 6 heteroatoms. The molecule has 0 radical (unpaired) electrons. The van der Waals surface area contributed by atoms with E-state index in [1.165, 1.54) is 0 Å². The van der Waals surface area contributed by atoms with Crippen LogP contribution in [0, 0.1) is 5.92 Å². The molecule has 120 valence electrons. The fraction of sp³-hybridized carbons (Fsp3) is 0.167. The van der Waals surface area contributed by atoms with Crippen molar-refractivity contribution in [2.45, 2.75) is 12.8 Å². The zero-order valence-electron chi connectivity index (χ0n) is 12.9. The number of aromatic nitrogens is 2. The summed E-state index contributed by atoms with van der Waals surface area (Å²) in [5, 5.41) is 2.88. The maximum atomic E-state index is 12.1. The lowest BCUT2D eigenvalue weighted by molar-refractivity contribution is -0.117. The third-order valence-corrected chi connectivity index (χ3v) is 4.00. The van der Waals surface area contributed by atoms with Crippen LogP contribution in [-0.2, 0) is 4.79 Å². The van der Waals surface area contributed by atoms with Gasteiger partial charge in [0, 0.05) is 23.9 Å². The number of nitrogen functional groups attached to an aromatic ring is 1. The van der Waals surface area contributed by atoms with Gasteiger partial charge in [-0.05, 0) is 48.7 Å². The van der Waals surface area contributed by atoms with Gasteiger partial charge in [0.1, 0.15) is 11.5 Å². The van der Waals surface area contributed by atoms with E-state index in [9.17, 15) is 4.79 Å². The van der Waals surface area contributed by atoms with Gasteiger partial charge in [-0.1, -0.05) is 0 Å². The van der Waals surface area contributed by atoms with Crippen LogP contribution in [0.1, 0.15) is 12.8 Å². The van der Waals surface area contributed by atoms with Gasteiger partial charge in [-0.2, -0.15) is 0 Å². The van der Waals surface area contributed by atoms with Gasteiger partial charge in [-0.25, -0.2) is 4.98 Å². The normalized spacial score (nSPS) is 13.7. The molecule has 6 nitrogen and oxygen atoms in total. The largest absolute Gasteiger partial charge is 0.463 e. The van der Waals surface area contributed by atoms with Gasteiger partial charge in [-0.3, -0.25) is 9.78 Å². The number of rotatable bonds is 4. The summed E-state index contributed by atoms with van der Waals surface area (Å²) in [6, 6.07) is 9.23.